The quantitative estimate of drug-likeness (QED) is 0.755. The molecule has 0 amide bonds. The largest absolute Gasteiger partial charge is 0.492 e. The number of benzene rings is 1. The molecular weight excluding hydrogens is 293 g/mol. The fourth-order valence-corrected chi connectivity index (χ4v) is 2.54. The van der Waals surface area contributed by atoms with Crippen molar-refractivity contribution >= 4 is 29.9 Å². The Balaban J connectivity index is 1.92. The Kier molecular flexibility index (Phi) is 3.75. The summed E-state index contributed by atoms with van der Waals surface area (Å²) in [6.45, 7) is 7.81. The lowest BCUT2D eigenvalue weighted by Crippen LogP contribution is -2.41. The van der Waals surface area contributed by atoms with Crippen LogP contribution in [0.5, 0.6) is 0 Å². The monoisotopic (exact) mass is 315 g/mol. The van der Waals surface area contributed by atoms with Gasteiger partial charge in [-0.05, 0) is 50.9 Å². The van der Waals surface area contributed by atoms with E-state index in [0.29, 0.717) is 11.3 Å². The molecule has 1 fully saturated rings. The van der Waals surface area contributed by atoms with Gasteiger partial charge in [-0.3, -0.25) is 5.10 Å². The highest BCUT2D eigenvalue weighted by Gasteiger charge is 2.52. The molecule has 6 nitrogen and oxygen atoms in total. The molecule has 0 saturated carbocycles. The third-order valence-electron chi connectivity index (χ3n) is 4.71. The molecule has 1 saturated heterocycles. The Labute approximate surface area is 135 Å². The minimum atomic E-state index is -0.562. The number of nitrogens with two attached hydrogens (primary N) is 1. The van der Waals surface area contributed by atoms with Crippen molar-refractivity contribution < 1.29 is 14.4 Å². The average Bonchev–Trinajstić information content (AvgIpc) is 2.94. The van der Waals surface area contributed by atoms with Crippen LogP contribution >= 0.6 is 0 Å². The number of aromatic nitrogens is 2. The van der Waals surface area contributed by atoms with Gasteiger partial charge in [-0.1, -0.05) is 12.1 Å². The molecule has 3 rings (SSSR count). The fraction of sp³-hybridized carbons (Fsp3) is 0.438. The number of nitrogens with zero attached hydrogens (tertiary/aromatic N) is 1. The van der Waals surface area contributed by atoms with Crippen LogP contribution in [0.2, 0.25) is 0 Å². The molecule has 2 heterocycles. The summed E-state index contributed by atoms with van der Waals surface area (Å²) in [5.74, 6) is 0.476. The first-order valence-electron chi connectivity index (χ1n) is 7.64. The Hall–Kier alpha value is -1.83. The summed E-state index contributed by atoms with van der Waals surface area (Å²) < 4.78 is 12.0. The molecular formula is C16H22BN3O3. The predicted molar refractivity (Wildman–Crippen MR) is 91.7 cm³/mol. The van der Waals surface area contributed by atoms with E-state index in [0.717, 1.165) is 16.5 Å². The number of anilines is 1. The number of nitrogens with one attached hydrogen (secondary N) is 1. The van der Waals surface area contributed by atoms with Crippen molar-refractivity contribution in [3.05, 3.63) is 29.2 Å². The Morgan fingerprint density at radius 1 is 1.30 bits per heavy atom. The van der Waals surface area contributed by atoms with E-state index in [1.807, 2.05) is 52.0 Å². The van der Waals surface area contributed by atoms with Crippen LogP contribution in [0.3, 0.4) is 0 Å². The highest BCUT2D eigenvalue weighted by Crippen LogP contribution is 2.38. The van der Waals surface area contributed by atoms with Crippen LogP contribution in [0, 0.1) is 0 Å². The number of hydrogen-bond donors (Lipinski definition) is 3. The number of H-pyrrole nitrogens is 1. The van der Waals surface area contributed by atoms with E-state index in [9.17, 15) is 5.11 Å². The van der Waals surface area contributed by atoms with E-state index in [-0.39, 0.29) is 6.61 Å². The molecule has 1 aliphatic rings. The third-order valence-corrected chi connectivity index (χ3v) is 4.71. The minimum Gasteiger partial charge on any atom is -0.400 e. The van der Waals surface area contributed by atoms with Crippen LogP contribution < -0.4 is 5.73 Å². The van der Waals surface area contributed by atoms with Crippen molar-refractivity contribution in [2.75, 3.05) is 12.3 Å². The maximum Gasteiger partial charge on any atom is 0.492 e. The fourth-order valence-electron chi connectivity index (χ4n) is 2.54. The van der Waals surface area contributed by atoms with E-state index in [1.165, 1.54) is 0 Å². The lowest BCUT2D eigenvalue weighted by molar-refractivity contribution is 0.00578. The van der Waals surface area contributed by atoms with Crippen LogP contribution in [0.4, 0.5) is 5.82 Å². The highest BCUT2D eigenvalue weighted by atomic mass is 16.7. The van der Waals surface area contributed by atoms with Gasteiger partial charge in [-0.15, -0.1) is 0 Å². The Morgan fingerprint density at radius 3 is 2.57 bits per heavy atom. The number of fused-ring (bicyclic) bond motifs is 1. The van der Waals surface area contributed by atoms with Gasteiger partial charge in [0.05, 0.1) is 23.3 Å². The van der Waals surface area contributed by atoms with E-state index in [4.69, 9.17) is 15.0 Å². The van der Waals surface area contributed by atoms with Crippen LogP contribution in [0.15, 0.2) is 23.7 Å². The molecule has 0 radical (unpaired) electrons. The molecule has 0 bridgehead atoms. The second kappa shape index (κ2) is 5.37. The summed E-state index contributed by atoms with van der Waals surface area (Å²) in [6.07, 6.45) is 1.87. The summed E-state index contributed by atoms with van der Waals surface area (Å²) in [6, 6.07) is 5.76. The van der Waals surface area contributed by atoms with E-state index < -0.39 is 18.3 Å². The van der Waals surface area contributed by atoms with Crippen LogP contribution in [-0.2, 0) is 9.31 Å². The minimum absolute atomic E-state index is 0.139. The van der Waals surface area contributed by atoms with E-state index >= 15 is 0 Å². The van der Waals surface area contributed by atoms with E-state index in [1.54, 1.807) is 0 Å². The first-order chi connectivity index (χ1) is 10.7. The van der Waals surface area contributed by atoms with Crippen molar-refractivity contribution in [1.29, 1.82) is 0 Å². The maximum absolute atomic E-state index is 9.74. The zero-order chi connectivity index (χ0) is 16.8. The molecule has 122 valence electrons. The van der Waals surface area contributed by atoms with Crippen LogP contribution in [0.25, 0.3) is 17.0 Å². The molecule has 1 aromatic carbocycles. The lowest BCUT2D eigenvalue weighted by Gasteiger charge is -2.32. The molecule has 23 heavy (non-hydrogen) atoms. The predicted octanol–water partition coefficient (Wildman–Crippen LogP) is 2.15. The number of nitrogen functional groups attached to an aromatic ring is 1. The molecule has 7 heteroatoms. The Bertz CT molecular complexity index is 751. The Morgan fingerprint density at radius 2 is 1.96 bits per heavy atom. The maximum atomic E-state index is 9.74. The third kappa shape index (κ3) is 2.76. The number of aliphatic hydroxyl groups excluding tert-OH is 1. The summed E-state index contributed by atoms with van der Waals surface area (Å²) in [7, 11) is -0.562. The van der Waals surface area contributed by atoms with Gasteiger partial charge in [-0.25, -0.2) is 0 Å². The topological polar surface area (TPSA) is 93.4 Å². The van der Waals surface area contributed by atoms with Gasteiger partial charge in [0.25, 0.3) is 0 Å². The van der Waals surface area contributed by atoms with Crippen molar-refractivity contribution in [2.45, 2.75) is 38.9 Å². The average molecular weight is 315 g/mol. The van der Waals surface area contributed by atoms with Crippen molar-refractivity contribution in [1.82, 2.24) is 10.2 Å². The normalized spacial score (nSPS) is 20.4. The van der Waals surface area contributed by atoms with Gasteiger partial charge < -0.3 is 20.1 Å². The standard InChI is InChI=1S/C16H22BN3O3/c1-15(2)16(3,4)23-17(22-15)11(9-21)7-10-5-6-12-13(8-10)19-20-14(12)18/h5-8,21H,9H2,1-4H3,(H3,18,19,20). The zero-order valence-corrected chi connectivity index (χ0v) is 13.9. The molecule has 0 atom stereocenters. The zero-order valence-electron chi connectivity index (χ0n) is 13.9. The summed E-state index contributed by atoms with van der Waals surface area (Å²) in [5, 5.41) is 17.5. The number of rotatable bonds is 3. The highest BCUT2D eigenvalue weighted by molar-refractivity contribution is 6.55. The molecule has 1 aromatic heterocycles. The number of aliphatic hydroxyl groups is 1. The summed E-state index contributed by atoms with van der Waals surface area (Å²) >= 11 is 0. The van der Waals surface area contributed by atoms with Gasteiger partial charge in [-0.2, -0.15) is 5.10 Å². The first kappa shape index (κ1) is 16.0. The van der Waals surface area contributed by atoms with Crippen LogP contribution in [0.1, 0.15) is 33.3 Å². The summed E-state index contributed by atoms with van der Waals surface area (Å²) in [4.78, 5) is 0. The number of hydrogen-bond acceptors (Lipinski definition) is 5. The second-order valence-electron chi connectivity index (χ2n) is 6.88. The molecule has 0 aliphatic carbocycles. The molecule has 1 aliphatic heterocycles. The first-order valence-corrected chi connectivity index (χ1v) is 7.64. The van der Waals surface area contributed by atoms with E-state index in [2.05, 4.69) is 10.2 Å². The summed E-state index contributed by atoms with van der Waals surface area (Å²) in [5.41, 5.74) is 7.34. The second-order valence-corrected chi connectivity index (χ2v) is 6.88. The molecule has 0 unspecified atom stereocenters. The smallest absolute Gasteiger partial charge is 0.400 e. The molecule has 2 aromatic rings. The van der Waals surface area contributed by atoms with Crippen LogP contribution in [-0.4, -0.2) is 40.2 Å². The lowest BCUT2D eigenvalue weighted by atomic mass is 9.77. The van der Waals surface area contributed by atoms with Gasteiger partial charge in [0.1, 0.15) is 0 Å². The van der Waals surface area contributed by atoms with Gasteiger partial charge in [0, 0.05) is 5.39 Å². The van der Waals surface area contributed by atoms with Crippen molar-refractivity contribution in [3.8, 4) is 0 Å². The molecule has 0 spiro atoms. The SMILES string of the molecule is CC1(C)OB(C(=Cc2ccc3c(N)n[nH]c3c2)CO)OC1(C)C. The van der Waals surface area contributed by atoms with Crippen molar-refractivity contribution in [3.63, 3.8) is 0 Å². The molecule has 4 N–H and O–H groups in total. The number of aromatic amines is 1. The van der Waals surface area contributed by atoms with Gasteiger partial charge in [0.2, 0.25) is 0 Å². The van der Waals surface area contributed by atoms with Gasteiger partial charge >= 0.3 is 7.12 Å². The van der Waals surface area contributed by atoms with Gasteiger partial charge in [0.15, 0.2) is 5.82 Å². The van der Waals surface area contributed by atoms with Crippen molar-refractivity contribution in [2.24, 2.45) is 0 Å².